The first-order chi connectivity index (χ1) is 9.40. The fraction of sp³-hybridized carbons (Fsp3) is 0.429. The number of anilines is 1. The summed E-state index contributed by atoms with van der Waals surface area (Å²) in [6.45, 7) is 4.30. The minimum absolute atomic E-state index is 0.344. The highest BCUT2D eigenvalue weighted by Crippen LogP contribution is 2.26. The van der Waals surface area contributed by atoms with Gasteiger partial charge >= 0.3 is 12.0 Å². The Hall–Kier alpha value is -1.56. The van der Waals surface area contributed by atoms with Crippen LogP contribution in [-0.2, 0) is 4.79 Å². The van der Waals surface area contributed by atoms with Crippen LogP contribution in [-0.4, -0.2) is 34.6 Å². The molecule has 1 aliphatic heterocycles. The number of aryl methyl sites for hydroxylation is 2. The topological polar surface area (TPSA) is 69.6 Å². The predicted molar refractivity (Wildman–Crippen MR) is 80.0 cm³/mol. The Morgan fingerprint density at radius 1 is 1.35 bits per heavy atom. The van der Waals surface area contributed by atoms with Gasteiger partial charge in [0.15, 0.2) is 0 Å². The molecule has 0 saturated carbocycles. The van der Waals surface area contributed by atoms with Crippen molar-refractivity contribution in [1.29, 1.82) is 0 Å². The Morgan fingerprint density at radius 3 is 2.50 bits per heavy atom. The summed E-state index contributed by atoms with van der Waals surface area (Å²) in [7, 11) is 0. The summed E-state index contributed by atoms with van der Waals surface area (Å²) in [4.78, 5) is 24.8. The molecule has 0 radical (unpaired) electrons. The van der Waals surface area contributed by atoms with E-state index in [1.54, 1.807) is 0 Å². The Balaban J connectivity index is 2.18. The zero-order valence-electron chi connectivity index (χ0n) is 11.4. The van der Waals surface area contributed by atoms with Gasteiger partial charge in [0, 0.05) is 16.7 Å². The summed E-state index contributed by atoms with van der Waals surface area (Å²) in [5, 5.41) is 12.0. The average Bonchev–Trinajstić information content (AvgIpc) is 2.82. The van der Waals surface area contributed by atoms with Crippen molar-refractivity contribution < 1.29 is 14.7 Å². The Labute approximate surface area is 126 Å². The van der Waals surface area contributed by atoms with Crippen LogP contribution in [0.2, 0.25) is 0 Å². The lowest BCUT2D eigenvalue weighted by Gasteiger charge is -2.23. The number of halogens is 1. The first-order valence-electron chi connectivity index (χ1n) is 6.47. The van der Waals surface area contributed by atoms with E-state index < -0.39 is 12.0 Å². The van der Waals surface area contributed by atoms with Crippen molar-refractivity contribution in [2.24, 2.45) is 0 Å². The van der Waals surface area contributed by atoms with E-state index in [0.717, 1.165) is 27.7 Å². The molecular formula is C14H17BrN2O3. The van der Waals surface area contributed by atoms with E-state index in [1.807, 2.05) is 26.0 Å². The van der Waals surface area contributed by atoms with Crippen LogP contribution < -0.4 is 5.32 Å². The molecule has 1 aromatic carbocycles. The van der Waals surface area contributed by atoms with E-state index in [4.69, 9.17) is 5.11 Å². The fourth-order valence-electron chi connectivity index (χ4n) is 2.55. The van der Waals surface area contributed by atoms with Gasteiger partial charge in [-0.1, -0.05) is 15.9 Å². The lowest BCUT2D eigenvalue weighted by Crippen LogP contribution is -2.43. The molecule has 1 fully saturated rings. The lowest BCUT2D eigenvalue weighted by molar-refractivity contribution is -0.141. The molecule has 2 rings (SSSR count). The second-order valence-corrected chi connectivity index (χ2v) is 5.95. The maximum Gasteiger partial charge on any atom is 0.326 e. The number of carboxylic acid groups (broad SMARTS) is 1. The molecule has 0 aliphatic carbocycles. The molecule has 1 aliphatic rings. The molecule has 1 atom stereocenters. The molecule has 1 aromatic rings. The van der Waals surface area contributed by atoms with Crippen LogP contribution in [0.4, 0.5) is 10.5 Å². The van der Waals surface area contributed by atoms with Crippen LogP contribution in [0.1, 0.15) is 24.0 Å². The largest absolute Gasteiger partial charge is 0.480 e. The molecule has 0 bridgehead atoms. The van der Waals surface area contributed by atoms with Gasteiger partial charge in [-0.05, 0) is 49.9 Å². The van der Waals surface area contributed by atoms with Gasteiger partial charge in [-0.25, -0.2) is 9.59 Å². The monoisotopic (exact) mass is 340 g/mol. The van der Waals surface area contributed by atoms with Crippen LogP contribution >= 0.6 is 15.9 Å². The minimum Gasteiger partial charge on any atom is -0.480 e. The van der Waals surface area contributed by atoms with Crippen LogP contribution in [0, 0.1) is 13.8 Å². The van der Waals surface area contributed by atoms with Gasteiger partial charge in [-0.2, -0.15) is 0 Å². The molecule has 20 heavy (non-hydrogen) atoms. The number of carbonyl (C=O) groups is 2. The maximum absolute atomic E-state index is 12.3. The SMILES string of the molecule is Cc1cc(Br)cc(C)c1NC(=O)N1CCC[C@H]1C(=O)O. The molecule has 0 spiro atoms. The number of likely N-dealkylation sites (tertiary alicyclic amines) is 1. The highest BCUT2D eigenvalue weighted by Gasteiger charge is 2.34. The number of rotatable bonds is 2. The van der Waals surface area contributed by atoms with Crippen LogP contribution in [0.5, 0.6) is 0 Å². The van der Waals surface area contributed by atoms with E-state index in [0.29, 0.717) is 13.0 Å². The van der Waals surface area contributed by atoms with Crippen molar-refractivity contribution in [3.63, 3.8) is 0 Å². The Morgan fingerprint density at radius 2 is 1.95 bits per heavy atom. The van der Waals surface area contributed by atoms with Gasteiger partial charge in [-0.3, -0.25) is 0 Å². The molecule has 2 N–H and O–H groups in total. The van der Waals surface area contributed by atoms with Crippen LogP contribution in [0.25, 0.3) is 0 Å². The Bertz CT molecular complexity index is 536. The van der Waals surface area contributed by atoms with Gasteiger partial charge in [0.2, 0.25) is 0 Å². The number of carbonyl (C=O) groups excluding carboxylic acids is 1. The standard InChI is InChI=1S/C14H17BrN2O3/c1-8-6-10(15)7-9(2)12(8)16-14(20)17-5-3-4-11(17)13(18)19/h6-7,11H,3-5H2,1-2H3,(H,16,20)(H,18,19)/t11-/m0/s1. The molecule has 108 valence electrons. The quantitative estimate of drug-likeness (QED) is 0.868. The molecule has 5 nitrogen and oxygen atoms in total. The lowest BCUT2D eigenvalue weighted by atomic mass is 10.1. The highest BCUT2D eigenvalue weighted by molar-refractivity contribution is 9.10. The van der Waals surface area contributed by atoms with Crippen molar-refractivity contribution in [1.82, 2.24) is 4.90 Å². The Kier molecular flexibility index (Phi) is 4.32. The first-order valence-corrected chi connectivity index (χ1v) is 7.26. The van der Waals surface area contributed by atoms with Gasteiger partial charge in [0.1, 0.15) is 6.04 Å². The zero-order chi connectivity index (χ0) is 14.9. The number of amides is 2. The van der Waals surface area contributed by atoms with Crippen molar-refractivity contribution in [2.45, 2.75) is 32.7 Å². The molecule has 2 amide bonds. The zero-order valence-corrected chi connectivity index (χ0v) is 13.0. The summed E-state index contributed by atoms with van der Waals surface area (Å²) in [6.07, 6.45) is 1.24. The van der Waals surface area contributed by atoms with Gasteiger partial charge in [0.05, 0.1) is 0 Å². The van der Waals surface area contributed by atoms with Crippen molar-refractivity contribution in [3.8, 4) is 0 Å². The second kappa shape index (κ2) is 5.83. The number of hydrogen-bond donors (Lipinski definition) is 2. The molecule has 6 heteroatoms. The van der Waals surface area contributed by atoms with Gasteiger partial charge in [0.25, 0.3) is 0 Å². The smallest absolute Gasteiger partial charge is 0.326 e. The summed E-state index contributed by atoms with van der Waals surface area (Å²) >= 11 is 3.41. The van der Waals surface area contributed by atoms with E-state index in [2.05, 4.69) is 21.2 Å². The third kappa shape index (κ3) is 2.95. The number of nitrogens with zero attached hydrogens (tertiary/aromatic N) is 1. The van der Waals surface area contributed by atoms with E-state index in [1.165, 1.54) is 4.90 Å². The summed E-state index contributed by atoms with van der Waals surface area (Å²) in [5.74, 6) is -0.943. The van der Waals surface area contributed by atoms with Crippen LogP contribution in [0.3, 0.4) is 0 Å². The number of benzene rings is 1. The molecule has 1 heterocycles. The summed E-state index contributed by atoms with van der Waals surface area (Å²) in [5.41, 5.74) is 2.63. The number of nitrogens with one attached hydrogen (secondary N) is 1. The predicted octanol–water partition coefficient (Wildman–Crippen LogP) is 3.15. The van der Waals surface area contributed by atoms with E-state index in [9.17, 15) is 9.59 Å². The molecule has 0 aromatic heterocycles. The minimum atomic E-state index is -0.943. The van der Waals surface area contributed by atoms with Crippen molar-refractivity contribution >= 4 is 33.6 Å². The average molecular weight is 341 g/mol. The van der Waals surface area contributed by atoms with Crippen molar-refractivity contribution in [2.75, 3.05) is 11.9 Å². The fourth-order valence-corrected chi connectivity index (χ4v) is 3.24. The van der Waals surface area contributed by atoms with E-state index >= 15 is 0 Å². The summed E-state index contributed by atoms with van der Waals surface area (Å²) in [6, 6.07) is 2.78. The van der Waals surface area contributed by atoms with Gasteiger partial charge in [-0.15, -0.1) is 0 Å². The third-order valence-electron chi connectivity index (χ3n) is 3.53. The van der Waals surface area contributed by atoms with Crippen molar-refractivity contribution in [3.05, 3.63) is 27.7 Å². The number of carboxylic acids is 1. The maximum atomic E-state index is 12.3. The first kappa shape index (κ1) is 14.8. The molecule has 1 saturated heterocycles. The van der Waals surface area contributed by atoms with E-state index in [-0.39, 0.29) is 6.03 Å². The van der Waals surface area contributed by atoms with Crippen LogP contribution in [0.15, 0.2) is 16.6 Å². The van der Waals surface area contributed by atoms with Gasteiger partial charge < -0.3 is 15.3 Å². The molecular weight excluding hydrogens is 324 g/mol. The number of aliphatic carboxylic acids is 1. The second-order valence-electron chi connectivity index (χ2n) is 5.03. The number of urea groups is 1. The molecule has 0 unspecified atom stereocenters. The third-order valence-corrected chi connectivity index (χ3v) is 3.99. The summed E-state index contributed by atoms with van der Waals surface area (Å²) < 4.78 is 0.954. The highest BCUT2D eigenvalue weighted by atomic mass is 79.9. The number of hydrogen-bond acceptors (Lipinski definition) is 2. The normalized spacial score (nSPS) is 18.1.